The number of nitrogens with zero attached hydrogens (tertiary/aromatic N) is 5. The largest absolute Gasteiger partial charge is 0.416 e. The lowest BCUT2D eigenvalue weighted by Crippen LogP contribution is -2.46. The second-order valence-electron chi connectivity index (χ2n) is 8.10. The van der Waals surface area contributed by atoms with Crippen molar-refractivity contribution in [2.45, 2.75) is 26.1 Å². The van der Waals surface area contributed by atoms with Gasteiger partial charge in [-0.3, -0.25) is 0 Å². The van der Waals surface area contributed by atoms with E-state index in [1.807, 2.05) is 0 Å². The number of nitrogens with two attached hydrogens (primary N) is 1. The zero-order valence-electron chi connectivity index (χ0n) is 18.3. The van der Waals surface area contributed by atoms with Crippen LogP contribution in [0.2, 0.25) is 0 Å². The van der Waals surface area contributed by atoms with E-state index >= 15 is 0 Å². The molecule has 1 atom stereocenters. The van der Waals surface area contributed by atoms with Crippen molar-refractivity contribution < 1.29 is 17.6 Å². The maximum atomic E-state index is 14.3. The van der Waals surface area contributed by atoms with Crippen molar-refractivity contribution >= 4 is 28.1 Å². The predicted molar refractivity (Wildman–Crippen MR) is 120 cm³/mol. The summed E-state index contributed by atoms with van der Waals surface area (Å²) in [6.07, 6.45) is -2.91. The van der Waals surface area contributed by atoms with Crippen LogP contribution >= 0.6 is 0 Å². The van der Waals surface area contributed by atoms with Crippen LogP contribution in [0.1, 0.15) is 31.0 Å². The standard InChI is InChI=1S/C22H25F4N7/c1-3-32-4-6-33(7-5-32)17-11-18-19(28-12-17)20(23)30-31-21(18)29-13(2)14-8-15(22(24,25)26)10-16(27)9-14/h8-13H,3-7,27H2,1-2H3,(H,29,31). The Morgan fingerprint density at radius 2 is 1.82 bits per heavy atom. The van der Waals surface area contributed by atoms with Gasteiger partial charge in [0.15, 0.2) is 5.82 Å². The van der Waals surface area contributed by atoms with Gasteiger partial charge in [0.2, 0.25) is 0 Å². The summed E-state index contributed by atoms with van der Waals surface area (Å²) in [5.41, 5.74) is 6.04. The number of benzene rings is 1. The highest BCUT2D eigenvalue weighted by molar-refractivity contribution is 5.91. The zero-order valence-corrected chi connectivity index (χ0v) is 18.3. The van der Waals surface area contributed by atoms with Gasteiger partial charge in [-0.15, -0.1) is 10.2 Å². The van der Waals surface area contributed by atoms with Crippen LogP contribution in [0.3, 0.4) is 0 Å². The lowest BCUT2D eigenvalue weighted by atomic mass is 10.0. The monoisotopic (exact) mass is 463 g/mol. The Morgan fingerprint density at radius 3 is 2.48 bits per heavy atom. The van der Waals surface area contributed by atoms with Crippen molar-refractivity contribution in [1.29, 1.82) is 0 Å². The zero-order chi connectivity index (χ0) is 23.8. The number of fused-ring (bicyclic) bond motifs is 1. The minimum absolute atomic E-state index is 0.00121. The molecule has 1 saturated heterocycles. The minimum Gasteiger partial charge on any atom is -0.399 e. The van der Waals surface area contributed by atoms with Gasteiger partial charge in [-0.2, -0.15) is 17.6 Å². The topological polar surface area (TPSA) is 83.2 Å². The predicted octanol–water partition coefficient (Wildman–Crippen LogP) is 4.08. The number of rotatable bonds is 5. The molecule has 3 N–H and O–H groups in total. The number of piperazine rings is 1. The molecule has 7 nitrogen and oxygen atoms in total. The van der Waals surface area contributed by atoms with Crippen molar-refractivity contribution in [2.75, 3.05) is 48.7 Å². The Kier molecular flexibility index (Phi) is 6.24. The maximum Gasteiger partial charge on any atom is 0.416 e. The molecule has 2 aromatic heterocycles. The molecule has 1 fully saturated rings. The fourth-order valence-electron chi connectivity index (χ4n) is 3.97. The van der Waals surface area contributed by atoms with E-state index in [1.54, 1.807) is 19.2 Å². The van der Waals surface area contributed by atoms with Crippen LogP contribution in [0.15, 0.2) is 30.5 Å². The first-order valence-corrected chi connectivity index (χ1v) is 10.7. The molecule has 1 aromatic carbocycles. The SMILES string of the molecule is CCN1CCN(c2cnc3c(F)nnc(NC(C)c4cc(N)cc(C(F)(F)F)c4)c3c2)CC1. The summed E-state index contributed by atoms with van der Waals surface area (Å²) < 4.78 is 53.9. The van der Waals surface area contributed by atoms with Crippen molar-refractivity contribution in [3.8, 4) is 0 Å². The fourth-order valence-corrected chi connectivity index (χ4v) is 3.97. The number of nitrogen functional groups attached to an aromatic ring is 1. The molecule has 0 radical (unpaired) electrons. The number of hydrogen-bond acceptors (Lipinski definition) is 7. The molecule has 176 valence electrons. The molecule has 0 bridgehead atoms. The molecule has 1 unspecified atom stereocenters. The fraction of sp³-hybridized carbons (Fsp3) is 0.409. The number of hydrogen-bond donors (Lipinski definition) is 2. The molecule has 3 aromatic rings. The Labute approximate surface area is 188 Å². The molecule has 4 rings (SSSR count). The van der Waals surface area contributed by atoms with Crippen LogP contribution in [0.5, 0.6) is 0 Å². The number of alkyl halides is 3. The lowest BCUT2D eigenvalue weighted by molar-refractivity contribution is -0.137. The first-order valence-electron chi connectivity index (χ1n) is 10.7. The summed E-state index contributed by atoms with van der Waals surface area (Å²) in [5.74, 6) is -0.578. The number of halogens is 4. The third-order valence-electron chi connectivity index (χ3n) is 5.90. The van der Waals surface area contributed by atoms with Crippen LogP contribution in [-0.2, 0) is 6.18 Å². The Balaban J connectivity index is 1.65. The normalized spacial score (nSPS) is 16.2. The van der Waals surface area contributed by atoms with Crippen LogP contribution in [-0.4, -0.2) is 52.8 Å². The number of nitrogens with one attached hydrogen (secondary N) is 1. The summed E-state index contributed by atoms with van der Waals surface area (Å²) in [5, 5.41) is 10.9. The van der Waals surface area contributed by atoms with Crippen LogP contribution in [0.25, 0.3) is 10.9 Å². The second-order valence-corrected chi connectivity index (χ2v) is 8.10. The summed E-state index contributed by atoms with van der Waals surface area (Å²) in [4.78, 5) is 8.76. The van der Waals surface area contributed by atoms with Crippen molar-refractivity contribution in [3.05, 3.63) is 47.5 Å². The quantitative estimate of drug-likeness (QED) is 0.436. The van der Waals surface area contributed by atoms with E-state index in [1.165, 1.54) is 6.07 Å². The minimum atomic E-state index is -4.52. The first-order chi connectivity index (χ1) is 15.7. The average molecular weight is 463 g/mol. The van der Waals surface area contributed by atoms with Gasteiger partial charge in [-0.25, -0.2) is 4.98 Å². The summed E-state index contributed by atoms with van der Waals surface area (Å²) in [7, 11) is 0. The third kappa shape index (κ3) is 4.92. The van der Waals surface area contributed by atoms with Crippen molar-refractivity contribution in [1.82, 2.24) is 20.1 Å². The number of anilines is 3. The Hall–Kier alpha value is -3.21. The highest BCUT2D eigenvalue weighted by Gasteiger charge is 2.31. The van der Waals surface area contributed by atoms with Gasteiger partial charge in [-0.1, -0.05) is 6.92 Å². The summed E-state index contributed by atoms with van der Waals surface area (Å²) in [6, 6.07) is 4.57. The molecular formula is C22H25F4N7. The van der Waals surface area contributed by atoms with Crippen molar-refractivity contribution in [2.24, 2.45) is 0 Å². The van der Waals surface area contributed by atoms with Gasteiger partial charge < -0.3 is 20.9 Å². The van der Waals surface area contributed by atoms with Gasteiger partial charge in [0.1, 0.15) is 5.52 Å². The van der Waals surface area contributed by atoms with E-state index in [9.17, 15) is 17.6 Å². The van der Waals surface area contributed by atoms with Gasteiger partial charge in [-0.05, 0) is 43.3 Å². The van der Waals surface area contributed by atoms with E-state index < -0.39 is 23.7 Å². The van der Waals surface area contributed by atoms with Gasteiger partial charge in [0, 0.05) is 31.9 Å². The van der Waals surface area contributed by atoms with E-state index in [2.05, 4.69) is 37.2 Å². The van der Waals surface area contributed by atoms with Crippen LogP contribution < -0.4 is 16.0 Å². The Morgan fingerprint density at radius 1 is 1.09 bits per heavy atom. The molecule has 0 spiro atoms. The molecule has 0 aliphatic carbocycles. The molecule has 0 saturated carbocycles. The van der Waals surface area contributed by atoms with E-state index in [0.29, 0.717) is 10.9 Å². The molecule has 3 heterocycles. The van der Waals surface area contributed by atoms with Crippen LogP contribution in [0.4, 0.5) is 34.8 Å². The van der Waals surface area contributed by atoms with Gasteiger partial charge >= 0.3 is 6.18 Å². The summed E-state index contributed by atoms with van der Waals surface area (Å²) >= 11 is 0. The van der Waals surface area contributed by atoms with Crippen LogP contribution in [0, 0.1) is 5.95 Å². The van der Waals surface area contributed by atoms with E-state index in [-0.39, 0.29) is 17.0 Å². The summed E-state index contributed by atoms with van der Waals surface area (Å²) in [6.45, 7) is 8.22. The lowest BCUT2D eigenvalue weighted by Gasteiger charge is -2.35. The van der Waals surface area contributed by atoms with Gasteiger partial charge in [0.25, 0.3) is 5.95 Å². The molecule has 0 amide bonds. The third-order valence-corrected chi connectivity index (χ3v) is 5.90. The first kappa shape index (κ1) is 23.0. The highest BCUT2D eigenvalue weighted by Crippen LogP contribution is 2.34. The number of pyridine rings is 1. The second kappa shape index (κ2) is 8.97. The molecule has 1 aliphatic rings. The number of aromatic nitrogens is 3. The highest BCUT2D eigenvalue weighted by atomic mass is 19.4. The average Bonchev–Trinajstić information content (AvgIpc) is 2.79. The molecule has 33 heavy (non-hydrogen) atoms. The smallest absolute Gasteiger partial charge is 0.399 e. The number of likely N-dealkylation sites (N-methyl/N-ethyl adjacent to an activating group) is 1. The Bertz CT molecular complexity index is 1140. The van der Waals surface area contributed by atoms with Gasteiger partial charge in [0.05, 0.1) is 28.9 Å². The van der Waals surface area contributed by atoms with Crippen molar-refractivity contribution in [3.63, 3.8) is 0 Å². The molecule has 11 heteroatoms. The van der Waals surface area contributed by atoms with E-state index in [0.717, 1.165) is 50.5 Å². The molecular weight excluding hydrogens is 438 g/mol. The maximum absolute atomic E-state index is 14.3. The molecule has 1 aliphatic heterocycles. The van der Waals surface area contributed by atoms with E-state index in [4.69, 9.17) is 5.73 Å².